The zero-order chi connectivity index (χ0) is 17.6. The third-order valence-corrected chi connectivity index (χ3v) is 3.92. The summed E-state index contributed by atoms with van der Waals surface area (Å²) in [5.41, 5.74) is 3.29. The monoisotopic (exact) mass is 385 g/mol. The highest BCUT2D eigenvalue weighted by Gasteiger charge is 2.28. The molecule has 0 saturated heterocycles. The number of benzene rings is 2. The summed E-state index contributed by atoms with van der Waals surface area (Å²) in [6.45, 7) is 2.80. The molecule has 3 nitrogen and oxygen atoms in total. The Balaban J connectivity index is 1.84. The van der Waals surface area contributed by atoms with Crippen LogP contribution in [0.1, 0.15) is 23.6 Å². The molecule has 0 fully saturated rings. The smallest absolute Gasteiger partial charge is 0.265 e. The van der Waals surface area contributed by atoms with Gasteiger partial charge in [-0.05, 0) is 35.2 Å². The number of hydrogen-bond donors (Lipinski definition) is 1. The summed E-state index contributed by atoms with van der Waals surface area (Å²) in [6.07, 6.45) is 1.03. The maximum atomic E-state index is 7.48. The van der Waals surface area contributed by atoms with E-state index in [9.17, 15) is 0 Å². The molecule has 6 heteroatoms. The summed E-state index contributed by atoms with van der Waals surface area (Å²) in [5, 5.41) is 7.48. The minimum absolute atomic E-state index is 0.158. The Labute approximate surface area is 157 Å². The number of hydrogen-bond acceptors (Lipinski definition) is 3. The fourth-order valence-electron chi connectivity index (χ4n) is 1.96. The van der Waals surface area contributed by atoms with Crippen LogP contribution in [0.2, 0.25) is 0 Å². The van der Waals surface area contributed by atoms with Crippen LogP contribution in [0.25, 0.3) is 0 Å². The van der Waals surface area contributed by atoms with E-state index in [2.05, 4.69) is 31.2 Å². The summed E-state index contributed by atoms with van der Waals surface area (Å²) < 4.78 is 9.05. The first-order valence-electron chi connectivity index (χ1n) is 7.46. The van der Waals surface area contributed by atoms with Crippen molar-refractivity contribution in [2.75, 3.05) is 0 Å². The van der Waals surface area contributed by atoms with Crippen LogP contribution in [0, 0.1) is 5.41 Å². The summed E-state index contributed by atoms with van der Waals surface area (Å²) in [4.78, 5) is 0. The van der Waals surface area contributed by atoms with Crippen molar-refractivity contribution in [3.05, 3.63) is 65.2 Å². The lowest BCUT2D eigenvalue weighted by molar-refractivity contribution is 0.282. The molecular formula is C18H18Cl3NO2. The average molecular weight is 387 g/mol. The molecule has 0 heterocycles. The quantitative estimate of drug-likeness (QED) is 0.393. The fourth-order valence-corrected chi connectivity index (χ4v) is 2.12. The summed E-state index contributed by atoms with van der Waals surface area (Å²) in [6, 6.07) is 15.8. The van der Waals surface area contributed by atoms with Crippen molar-refractivity contribution in [3.63, 3.8) is 0 Å². The van der Waals surface area contributed by atoms with Crippen LogP contribution in [-0.2, 0) is 24.4 Å². The molecule has 2 aromatic rings. The van der Waals surface area contributed by atoms with Gasteiger partial charge >= 0.3 is 0 Å². The van der Waals surface area contributed by atoms with Gasteiger partial charge in [-0.15, -0.1) is 0 Å². The van der Waals surface area contributed by atoms with E-state index in [0.717, 1.165) is 23.3 Å². The van der Waals surface area contributed by atoms with E-state index in [0.29, 0.717) is 6.61 Å². The van der Waals surface area contributed by atoms with Crippen LogP contribution in [0.3, 0.4) is 0 Å². The zero-order valence-corrected chi connectivity index (χ0v) is 15.5. The van der Waals surface area contributed by atoms with Gasteiger partial charge in [-0.1, -0.05) is 78.1 Å². The van der Waals surface area contributed by atoms with E-state index < -0.39 is 9.69 Å². The third-order valence-electron chi connectivity index (χ3n) is 3.40. The Morgan fingerprint density at radius 1 is 0.875 bits per heavy atom. The van der Waals surface area contributed by atoms with Crippen molar-refractivity contribution in [2.45, 2.75) is 30.4 Å². The zero-order valence-electron chi connectivity index (χ0n) is 13.2. The minimum Gasteiger partial charge on any atom is -0.489 e. The van der Waals surface area contributed by atoms with Gasteiger partial charge in [-0.3, -0.25) is 5.41 Å². The molecule has 0 aromatic heterocycles. The molecule has 0 atom stereocenters. The van der Waals surface area contributed by atoms with Gasteiger partial charge in [0.15, 0.2) is 0 Å². The first-order chi connectivity index (χ1) is 11.4. The fraction of sp³-hybridized carbons (Fsp3) is 0.278. The van der Waals surface area contributed by atoms with Gasteiger partial charge in [0.05, 0.1) is 0 Å². The van der Waals surface area contributed by atoms with Crippen LogP contribution in [-0.4, -0.2) is 9.69 Å². The highest BCUT2D eigenvalue weighted by molar-refractivity contribution is 6.76. The van der Waals surface area contributed by atoms with E-state index in [1.807, 2.05) is 24.3 Å². The number of halogens is 3. The van der Waals surface area contributed by atoms with Crippen molar-refractivity contribution in [3.8, 4) is 5.75 Å². The van der Waals surface area contributed by atoms with E-state index in [1.165, 1.54) is 5.56 Å². The molecule has 0 amide bonds. The second-order valence-corrected chi connectivity index (χ2v) is 7.50. The molecule has 0 aliphatic heterocycles. The van der Waals surface area contributed by atoms with Crippen LogP contribution >= 0.6 is 34.8 Å². The highest BCUT2D eigenvalue weighted by atomic mass is 35.6. The van der Waals surface area contributed by atoms with E-state index in [1.54, 1.807) is 0 Å². The summed E-state index contributed by atoms with van der Waals surface area (Å²) in [7, 11) is 0. The van der Waals surface area contributed by atoms with Gasteiger partial charge in [0.2, 0.25) is 5.90 Å². The lowest BCUT2D eigenvalue weighted by Crippen LogP contribution is -2.20. The van der Waals surface area contributed by atoms with Crippen LogP contribution in [0.15, 0.2) is 48.5 Å². The first kappa shape index (κ1) is 18.9. The Hall–Kier alpha value is -1.42. The first-order valence-corrected chi connectivity index (χ1v) is 8.60. The highest BCUT2D eigenvalue weighted by Crippen LogP contribution is 2.28. The molecule has 2 rings (SSSR count). The Morgan fingerprint density at radius 3 is 1.92 bits per heavy atom. The molecule has 0 bridgehead atoms. The molecule has 0 spiro atoms. The number of alkyl halides is 3. The van der Waals surface area contributed by atoms with Crippen LogP contribution in [0.4, 0.5) is 0 Å². The number of aryl methyl sites for hydroxylation is 1. The molecule has 0 aliphatic rings. The second-order valence-electron chi connectivity index (χ2n) is 5.22. The lowest BCUT2D eigenvalue weighted by Gasteiger charge is -2.14. The number of nitrogens with one attached hydrogen (secondary N) is 1. The van der Waals surface area contributed by atoms with E-state index >= 15 is 0 Å². The van der Waals surface area contributed by atoms with E-state index in [4.69, 9.17) is 49.7 Å². The summed E-state index contributed by atoms with van der Waals surface area (Å²) in [5.74, 6) is 0.359. The predicted octanol–water partition coefficient (Wildman–Crippen LogP) is 5.69. The molecule has 2 aromatic carbocycles. The lowest BCUT2D eigenvalue weighted by atomic mass is 10.1. The molecule has 0 radical (unpaired) electrons. The average Bonchev–Trinajstić information content (AvgIpc) is 2.58. The van der Waals surface area contributed by atoms with Gasteiger partial charge in [-0.25, -0.2) is 0 Å². The van der Waals surface area contributed by atoms with Crippen LogP contribution < -0.4 is 4.74 Å². The third kappa shape index (κ3) is 5.90. The Morgan fingerprint density at radius 2 is 1.38 bits per heavy atom. The topological polar surface area (TPSA) is 42.3 Å². The van der Waals surface area contributed by atoms with Crippen molar-refractivity contribution >= 4 is 40.7 Å². The maximum absolute atomic E-state index is 7.48. The van der Waals surface area contributed by atoms with Gasteiger partial charge < -0.3 is 9.47 Å². The summed E-state index contributed by atoms with van der Waals surface area (Å²) >= 11 is 16.7. The predicted molar refractivity (Wildman–Crippen MR) is 99.4 cm³/mol. The SMILES string of the molecule is CCc1ccc(COc2ccc(COC(=N)C(Cl)(Cl)Cl)cc2)cc1. The molecule has 24 heavy (non-hydrogen) atoms. The standard InChI is InChI=1S/C18H18Cl3NO2/c1-2-13-3-5-14(6-4-13)11-23-16-9-7-15(8-10-16)12-24-17(22)18(19,20)21/h3-10,22H,2,11-12H2,1H3. The van der Waals surface area contributed by atoms with Gasteiger partial charge in [0, 0.05) is 0 Å². The van der Waals surface area contributed by atoms with Crippen molar-refractivity contribution < 1.29 is 9.47 Å². The normalized spacial score (nSPS) is 11.2. The molecule has 128 valence electrons. The van der Waals surface area contributed by atoms with Gasteiger partial charge in [-0.2, -0.15) is 0 Å². The molecule has 0 unspecified atom stereocenters. The van der Waals surface area contributed by atoms with Gasteiger partial charge in [0.25, 0.3) is 3.79 Å². The molecule has 0 aliphatic carbocycles. The van der Waals surface area contributed by atoms with Crippen LogP contribution in [0.5, 0.6) is 5.75 Å². The molecule has 0 saturated carbocycles. The van der Waals surface area contributed by atoms with Crippen molar-refractivity contribution in [1.29, 1.82) is 5.41 Å². The largest absolute Gasteiger partial charge is 0.489 e. The second kappa shape index (κ2) is 8.61. The number of ether oxygens (including phenoxy) is 2. The van der Waals surface area contributed by atoms with Gasteiger partial charge in [0.1, 0.15) is 19.0 Å². The maximum Gasteiger partial charge on any atom is 0.265 e. The minimum atomic E-state index is -1.84. The Kier molecular flexibility index (Phi) is 6.79. The van der Waals surface area contributed by atoms with E-state index in [-0.39, 0.29) is 6.61 Å². The van der Waals surface area contributed by atoms with Crippen molar-refractivity contribution in [1.82, 2.24) is 0 Å². The Bertz CT molecular complexity index is 664. The molecule has 1 N–H and O–H groups in total. The number of rotatable bonds is 6. The van der Waals surface area contributed by atoms with Crippen molar-refractivity contribution in [2.24, 2.45) is 0 Å². The molecular weight excluding hydrogens is 369 g/mol.